The Morgan fingerprint density at radius 2 is 2.00 bits per heavy atom. The van der Waals surface area contributed by atoms with E-state index in [-0.39, 0.29) is 18.1 Å². The molecule has 1 atom stereocenters. The predicted molar refractivity (Wildman–Crippen MR) is 135 cm³/mol. The number of carbonyl (C=O) groups is 2. The summed E-state index contributed by atoms with van der Waals surface area (Å²) in [7, 11) is 3.64. The summed E-state index contributed by atoms with van der Waals surface area (Å²) in [4.78, 5) is 28.0. The van der Waals surface area contributed by atoms with Crippen molar-refractivity contribution in [1.82, 2.24) is 25.0 Å². The first-order valence-electron chi connectivity index (χ1n) is 11.6. The van der Waals surface area contributed by atoms with E-state index >= 15 is 0 Å². The van der Waals surface area contributed by atoms with Gasteiger partial charge in [0.25, 0.3) is 0 Å². The molecule has 1 unspecified atom stereocenters. The molecule has 36 heavy (non-hydrogen) atoms. The SMILES string of the molecule is CNc1ccc(OC2CN(C(C)=O)C2)cn1.Cn1cc(C(C=O)NCCc2ccc(C#N)cc2)cn1. The Morgan fingerprint density at radius 3 is 2.53 bits per heavy atom. The topological polar surface area (TPSA) is 125 Å². The maximum atomic E-state index is 11.1. The van der Waals surface area contributed by atoms with Gasteiger partial charge in [-0.2, -0.15) is 10.4 Å². The highest BCUT2D eigenvalue weighted by Crippen LogP contribution is 2.18. The number of hydrogen-bond acceptors (Lipinski definition) is 8. The molecule has 2 aromatic heterocycles. The third kappa shape index (κ3) is 7.65. The number of aromatic nitrogens is 3. The van der Waals surface area contributed by atoms with Crippen LogP contribution in [-0.4, -0.2) is 64.6 Å². The number of nitriles is 1. The molecule has 1 fully saturated rings. The lowest BCUT2D eigenvalue weighted by Crippen LogP contribution is -2.55. The maximum absolute atomic E-state index is 11.1. The van der Waals surface area contributed by atoms with E-state index in [1.807, 2.05) is 44.6 Å². The maximum Gasteiger partial charge on any atom is 0.219 e. The van der Waals surface area contributed by atoms with Crippen molar-refractivity contribution in [3.8, 4) is 11.8 Å². The van der Waals surface area contributed by atoms with Crippen LogP contribution in [0.3, 0.4) is 0 Å². The highest BCUT2D eigenvalue weighted by molar-refractivity contribution is 5.74. The monoisotopic (exact) mass is 489 g/mol. The van der Waals surface area contributed by atoms with E-state index in [2.05, 4.69) is 26.8 Å². The highest BCUT2D eigenvalue weighted by atomic mass is 16.5. The number of anilines is 1. The summed E-state index contributed by atoms with van der Waals surface area (Å²) >= 11 is 0. The van der Waals surface area contributed by atoms with Crippen molar-refractivity contribution in [3.63, 3.8) is 0 Å². The van der Waals surface area contributed by atoms with Crippen LogP contribution in [0.25, 0.3) is 0 Å². The number of carbonyl (C=O) groups excluding carboxylic acids is 2. The number of ether oxygens (including phenoxy) is 1. The summed E-state index contributed by atoms with van der Waals surface area (Å²) in [5.74, 6) is 1.65. The van der Waals surface area contributed by atoms with Gasteiger partial charge < -0.3 is 25.1 Å². The normalized spacial score (nSPS) is 13.4. The molecular formula is C26H31N7O3. The summed E-state index contributed by atoms with van der Waals surface area (Å²) in [5, 5.41) is 18.9. The molecule has 188 valence electrons. The van der Waals surface area contributed by atoms with Gasteiger partial charge in [0.15, 0.2) is 0 Å². The van der Waals surface area contributed by atoms with Crippen LogP contribution in [0.5, 0.6) is 5.75 Å². The molecule has 1 aliphatic rings. The van der Waals surface area contributed by atoms with Gasteiger partial charge in [-0.15, -0.1) is 0 Å². The lowest BCUT2D eigenvalue weighted by molar-refractivity contribution is -0.137. The highest BCUT2D eigenvalue weighted by Gasteiger charge is 2.30. The van der Waals surface area contributed by atoms with Gasteiger partial charge in [-0.25, -0.2) is 4.98 Å². The molecule has 1 saturated heterocycles. The van der Waals surface area contributed by atoms with Crippen LogP contribution in [0, 0.1) is 11.3 Å². The number of pyridine rings is 1. The largest absolute Gasteiger partial charge is 0.485 e. The molecule has 1 aliphatic heterocycles. The van der Waals surface area contributed by atoms with Crippen LogP contribution in [0.1, 0.15) is 29.7 Å². The summed E-state index contributed by atoms with van der Waals surface area (Å²) in [6.45, 7) is 3.59. The Balaban J connectivity index is 0.000000205. The Kier molecular flexibility index (Phi) is 9.54. The second-order valence-corrected chi connectivity index (χ2v) is 8.37. The van der Waals surface area contributed by atoms with E-state index in [0.717, 1.165) is 35.4 Å². The van der Waals surface area contributed by atoms with Gasteiger partial charge in [0, 0.05) is 39.3 Å². The molecular weight excluding hydrogens is 458 g/mol. The molecule has 3 aromatic rings. The zero-order valence-electron chi connectivity index (χ0n) is 20.7. The number of aldehydes is 1. The van der Waals surface area contributed by atoms with Gasteiger partial charge in [0.2, 0.25) is 5.91 Å². The Hall–Kier alpha value is -4.23. The van der Waals surface area contributed by atoms with Crippen molar-refractivity contribution in [1.29, 1.82) is 5.26 Å². The van der Waals surface area contributed by atoms with Crippen molar-refractivity contribution < 1.29 is 14.3 Å². The van der Waals surface area contributed by atoms with Crippen molar-refractivity contribution in [2.24, 2.45) is 7.05 Å². The molecule has 0 saturated carbocycles. The third-order valence-electron chi connectivity index (χ3n) is 5.67. The molecule has 1 aromatic carbocycles. The van der Waals surface area contributed by atoms with Crippen LogP contribution in [0.15, 0.2) is 55.0 Å². The molecule has 1 amide bonds. The number of rotatable bonds is 9. The molecule has 10 heteroatoms. The predicted octanol–water partition coefficient (Wildman–Crippen LogP) is 2.10. The van der Waals surface area contributed by atoms with E-state index in [1.165, 1.54) is 0 Å². The van der Waals surface area contributed by atoms with Crippen LogP contribution < -0.4 is 15.4 Å². The van der Waals surface area contributed by atoms with Crippen molar-refractivity contribution >= 4 is 18.0 Å². The van der Waals surface area contributed by atoms with Gasteiger partial charge in [0.1, 0.15) is 24.0 Å². The lowest BCUT2D eigenvalue weighted by Gasteiger charge is -2.38. The van der Waals surface area contributed by atoms with Crippen LogP contribution in [0.2, 0.25) is 0 Å². The van der Waals surface area contributed by atoms with Crippen molar-refractivity contribution in [2.45, 2.75) is 25.5 Å². The van der Waals surface area contributed by atoms with Gasteiger partial charge in [0.05, 0.1) is 43.2 Å². The van der Waals surface area contributed by atoms with Crippen LogP contribution in [-0.2, 0) is 23.1 Å². The fourth-order valence-electron chi connectivity index (χ4n) is 3.52. The number of nitrogens with one attached hydrogen (secondary N) is 2. The molecule has 0 spiro atoms. The molecule has 4 rings (SSSR count). The first-order chi connectivity index (χ1) is 17.4. The summed E-state index contributed by atoms with van der Waals surface area (Å²) in [6, 6.07) is 12.9. The second kappa shape index (κ2) is 13.0. The molecule has 0 bridgehead atoms. The van der Waals surface area contributed by atoms with Crippen molar-refractivity contribution in [3.05, 3.63) is 71.7 Å². The minimum atomic E-state index is -0.331. The summed E-state index contributed by atoms with van der Waals surface area (Å²) < 4.78 is 7.32. The first kappa shape index (κ1) is 26.4. The lowest BCUT2D eigenvalue weighted by atomic mass is 10.1. The zero-order chi connectivity index (χ0) is 25.9. The Bertz CT molecular complexity index is 1160. The number of benzene rings is 1. The first-order valence-corrected chi connectivity index (χ1v) is 11.6. The summed E-state index contributed by atoms with van der Waals surface area (Å²) in [6.07, 6.45) is 6.99. The minimum absolute atomic E-state index is 0.100. The minimum Gasteiger partial charge on any atom is -0.485 e. The van der Waals surface area contributed by atoms with Crippen LogP contribution >= 0.6 is 0 Å². The number of likely N-dealkylation sites (tertiary alicyclic amines) is 1. The van der Waals surface area contributed by atoms with Crippen LogP contribution in [0.4, 0.5) is 5.82 Å². The fraction of sp³-hybridized carbons (Fsp3) is 0.346. The quantitative estimate of drug-likeness (QED) is 0.438. The van der Waals surface area contributed by atoms with E-state index in [9.17, 15) is 9.59 Å². The Labute approximate surface area is 210 Å². The van der Waals surface area contributed by atoms with Gasteiger partial charge >= 0.3 is 0 Å². The molecule has 0 aliphatic carbocycles. The average Bonchev–Trinajstić information content (AvgIpc) is 3.30. The number of aryl methyl sites for hydroxylation is 1. The van der Waals surface area contributed by atoms with E-state index in [1.54, 1.807) is 41.0 Å². The second-order valence-electron chi connectivity index (χ2n) is 8.37. The van der Waals surface area contributed by atoms with E-state index < -0.39 is 0 Å². The average molecular weight is 490 g/mol. The smallest absolute Gasteiger partial charge is 0.219 e. The van der Waals surface area contributed by atoms with Crippen molar-refractivity contribution in [2.75, 3.05) is 32.0 Å². The van der Waals surface area contributed by atoms with E-state index in [0.29, 0.717) is 25.2 Å². The molecule has 3 heterocycles. The van der Waals surface area contributed by atoms with Gasteiger partial charge in [-0.3, -0.25) is 9.48 Å². The van der Waals surface area contributed by atoms with Gasteiger partial charge in [-0.05, 0) is 36.2 Å². The zero-order valence-corrected chi connectivity index (χ0v) is 20.7. The standard InChI is InChI=1S/C15H16N4O.C11H15N3O2/c1-19-10-14(9-18-19)15(11-20)17-7-6-12-2-4-13(8-16)5-3-12;1-8(15)14-6-10(7-14)16-9-3-4-11(12-2)13-5-9/h2-5,9-11,15,17H,6-7H2,1H3;3-5,10H,6-7H2,1-2H3,(H,12,13). The number of hydrogen-bond donors (Lipinski definition) is 2. The third-order valence-corrected chi connectivity index (χ3v) is 5.67. The number of amides is 1. The van der Waals surface area contributed by atoms with Gasteiger partial charge in [-0.1, -0.05) is 12.1 Å². The molecule has 2 N–H and O–H groups in total. The fourth-order valence-corrected chi connectivity index (χ4v) is 3.52. The summed E-state index contributed by atoms with van der Waals surface area (Å²) in [5.41, 5.74) is 2.65. The number of nitrogens with zero attached hydrogens (tertiary/aromatic N) is 5. The molecule has 10 nitrogen and oxygen atoms in total. The van der Waals surface area contributed by atoms with E-state index in [4.69, 9.17) is 10.00 Å². The molecule has 0 radical (unpaired) electrons. The Morgan fingerprint density at radius 1 is 1.25 bits per heavy atom.